The zero-order chi connectivity index (χ0) is 13.5. The highest BCUT2D eigenvalue weighted by Gasteiger charge is 2.10. The summed E-state index contributed by atoms with van der Waals surface area (Å²) in [6.07, 6.45) is 2.79. The third-order valence-electron chi connectivity index (χ3n) is 2.37. The molecule has 0 spiro atoms. The topological polar surface area (TPSA) is 68.7 Å². The Labute approximate surface area is 110 Å². The summed E-state index contributed by atoms with van der Waals surface area (Å²) in [6, 6.07) is 10.7. The number of rotatable bonds is 6. The lowest BCUT2D eigenvalue weighted by atomic mass is 10.2. The molecule has 19 heavy (non-hydrogen) atoms. The van der Waals surface area contributed by atoms with Crippen LogP contribution >= 0.6 is 0 Å². The molecule has 5 nitrogen and oxygen atoms in total. The van der Waals surface area contributed by atoms with Crippen molar-refractivity contribution in [3.63, 3.8) is 0 Å². The number of benzene rings is 1. The van der Waals surface area contributed by atoms with Crippen molar-refractivity contribution in [2.45, 2.75) is 0 Å². The van der Waals surface area contributed by atoms with Crippen LogP contribution in [0.3, 0.4) is 0 Å². The number of aromatic carboxylic acids is 1. The Morgan fingerprint density at radius 1 is 1.11 bits per heavy atom. The molecule has 0 saturated carbocycles. The molecule has 0 unspecified atom stereocenters. The zero-order valence-corrected chi connectivity index (χ0v) is 10.2. The van der Waals surface area contributed by atoms with Gasteiger partial charge in [-0.3, -0.25) is 4.98 Å². The smallest absolute Gasteiger partial charge is 0.339 e. The summed E-state index contributed by atoms with van der Waals surface area (Å²) in [5, 5.41) is 8.96. The van der Waals surface area contributed by atoms with E-state index in [4.69, 9.17) is 14.6 Å². The highest BCUT2D eigenvalue weighted by atomic mass is 16.5. The van der Waals surface area contributed by atoms with Gasteiger partial charge in [0.2, 0.25) is 0 Å². The summed E-state index contributed by atoms with van der Waals surface area (Å²) in [7, 11) is 0. The summed E-state index contributed by atoms with van der Waals surface area (Å²) in [5.41, 5.74) is 0.0923. The third-order valence-corrected chi connectivity index (χ3v) is 2.37. The van der Waals surface area contributed by atoms with Gasteiger partial charge in [-0.15, -0.1) is 0 Å². The van der Waals surface area contributed by atoms with Crippen molar-refractivity contribution in [3.05, 3.63) is 54.4 Å². The molecular weight excluding hydrogens is 246 g/mol. The van der Waals surface area contributed by atoms with Gasteiger partial charge in [0.15, 0.2) is 5.75 Å². The molecular formula is C14H13NO4. The van der Waals surface area contributed by atoms with Gasteiger partial charge in [-0.05, 0) is 18.2 Å². The predicted molar refractivity (Wildman–Crippen MR) is 68.6 cm³/mol. The van der Waals surface area contributed by atoms with Gasteiger partial charge in [0.25, 0.3) is 0 Å². The van der Waals surface area contributed by atoms with Crippen molar-refractivity contribution < 1.29 is 19.4 Å². The molecule has 0 atom stereocenters. The van der Waals surface area contributed by atoms with E-state index in [2.05, 4.69) is 4.98 Å². The fourth-order valence-electron chi connectivity index (χ4n) is 1.50. The van der Waals surface area contributed by atoms with E-state index in [0.29, 0.717) is 6.61 Å². The van der Waals surface area contributed by atoms with Gasteiger partial charge >= 0.3 is 5.97 Å². The molecule has 0 saturated heterocycles. The zero-order valence-electron chi connectivity index (χ0n) is 10.2. The lowest BCUT2D eigenvalue weighted by molar-refractivity contribution is 0.0691. The Kier molecular flexibility index (Phi) is 4.34. The maximum atomic E-state index is 10.9. The van der Waals surface area contributed by atoms with E-state index in [1.807, 2.05) is 30.3 Å². The van der Waals surface area contributed by atoms with Gasteiger partial charge in [-0.1, -0.05) is 18.2 Å². The molecule has 0 aliphatic carbocycles. The molecule has 1 heterocycles. The first-order valence-corrected chi connectivity index (χ1v) is 5.75. The minimum Gasteiger partial charge on any atom is -0.490 e. The molecule has 1 aromatic heterocycles. The molecule has 0 aliphatic rings. The van der Waals surface area contributed by atoms with E-state index >= 15 is 0 Å². The average molecular weight is 259 g/mol. The fraction of sp³-hybridized carbons (Fsp3) is 0.143. The number of pyridine rings is 1. The summed E-state index contributed by atoms with van der Waals surface area (Å²) < 4.78 is 10.8. The van der Waals surface area contributed by atoms with Crippen LogP contribution in [-0.4, -0.2) is 29.3 Å². The molecule has 98 valence electrons. The Hall–Kier alpha value is -2.56. The fourth-order valence-corrected chi connectivity index (χ4v) is 1.50. The van der Waals surface area contributed by atoms with Crippen LogP contribution < -0.4 is 9.47 Å². The number of hydrogen-bond donors (Lipinski definition) is 1. The second-order valence-electron chi connectivity index (χ2n) is 3.69. The van der Waals surface area contributed by atoms with Crippen LogP contribution in [0.1, 0.15) is 10.4 Å². The number of nitrogens with zero attached hydrogens (tertiary/aromatic N) is 1. The standard InChI is InChI=1S/C14H13NO4/c16-14(17)12-6-7-15-10-13(12)19-9-8-18-11-4-2-1-3-5-11/h1-7,10H,8-9H2,(H,16,17). The second kappa shape index (κ2) is 6.39. The van der Waals surface area contributed by atoms with Crippen LogP contribution in [0.25, 0.3) is 0 Å². The van der Waals surface area contributed by atoms with Crippen molar-refractivity contribution in [1.29, 1.82) is 0 Å². The first-order chi connectivity index (χ1) is 9.27. The first kappa shape index (κ1) is 12.9. The van der Waals surface area contributed by atoms with Gasteiger partial charge in [-0.25, -0.2) is 4.79 Å². The maximum absolute atomic E-state index is 10.9. The van der Waals surface area contributed by atoms with Gasteiger partial charge in [-0.2, -0.15) is 0 Å². The van der Waals surface area contributed by atoms with E-state index in [1.54, 1.807) is 0 Å². The summed E-state index contributed by atoms with van der Waals surface area (Å²) >= 11 is 0. The summed E-state index contributed by atoms with van der Waals surface area (Å²) in [5.74, 6) is -0.0521. The van der Waals surface area contributed by atoms with E-state index in [9.17, 15) is 4.79 Å². The molecule has 0 fully saturated rings. The Balaban J connectivity index is 1.85. The van der Waals surface area contributed by atoms with Crippen molar-refractivity contribution >= 4 is 5.97 Å². The molecule has 0 aliphatic heterocycles. The lowest BCUT2D eigenvalue weighted by Gasteiger charge is -2.09. The van der Waals surface area contributed by atoms with Crippen molar-refractivity contribution in [2.24, 2.45) is 0 Å². The largest absolute Gasteiger partial charge is 0.490 e. The average Bonchev–Trinajstić information content (AvgIpc) is 2.45. The number of aromatic nitrogens is 1. The number of carboxylic acids is 1. The van der Waals surface area contributed by atoms with Crippen LogP contribution in [0.4, 0.5) is 0 Å². The minimum absolute atomic E-state index is 0.0923. The highest BCUT2D eigenvalue weighted by molar-refractivity contribution is 5.90. The maximum Gasteiger partial charge on any atom is 0.339 e. The van der Waals surface area contributed by atoms with Crippen LogP contribution in [0.5, 0.6) is 11.5 Å². The van der Waals surface area contributed by atoms with E-state index in [-0.39, 0.29) is 17.9 Å². The quantitative estimate of drug-likeness (QED) is 0.806. The minimum atomic E-state index is -1.04. The number of ether oxygens (including phenoxy) is 2. The molecule has 0 bridgehead atoms. The Morgan fingerprint density at radius 3 is 2.58 bits per heavy atom. The van der Waals surface area contributed by atoms with Gasteiger partial charge < -0.3 is 14.6 Å². The van der Waals surface area contributed by atoms with Crippen molar-refractivity contribution in [3.8, 4) is 11.5 Å². The summed E-state index contributed by atoms with van der Waals surface area (Å²) in [6.45, 7) is 0.582. The normalized spacial score (nSPS) is 9.89. The second-order valence-corrected chi connectivity index (χ2v) is 3.69. The summed E-state index contributed by atoms with van der Waals surface area (Å²) in [4.78, 5) is 14.8. The van der Waals surface area contributed by atoms with Crippen LogP contribution in [-0.2, 0) is 0 Å². The number of hydrogen-bond acceptors (Lipinski definition) is 4. The first-order valence-electron chi connectivity index (χ1n) is 5.75. The molecule has 1 N–H and O–H groups in total. The van der Waals surface area contributed by atoms with Crippen molar-refractivity contribution in [1.82, 2.24) is 4.98 Å². The lowest BCUT2D eigenvalue weighted by Crippen LogP contribution is -2.11. The van der Waals surface area contributed by atoms with Gasteiger partial charge in [0, 0.05) is 6.20 Å². The molecule has 5 heteroatoms. The molecule has 1 aromatic carbocycles. The molecule has 2 rings (SSSR count). The van der Waals surface area contributed by atoms with E-state index in [0.717, 1.165) is 5.75 Å². The van der Waals surface area contributed by atoms with Gasteiger partial charge in [0.1, 0.15) is 24.5 Å². The monoisotopic (exact) mass is 259 g/mol. The number of carboxylic acid groups (broad SMARTS) is 1. The third kappa shape index (κ3) is 3.70. The van der Waals surface area contributed by atoms with Crippen LogP contribution in [0.15, 0.2) is 48.8 Å². The highest BCUT2D eigenvalue weighted by Crippen LogP contribution is 2.16. The SMILES string of the molecule is O=C(O)c1ccncc1OCCOc1ccccc1. The molecule has 2 aromatic rings. The number of carbonyl (C=O) groups is 1. The van der Waals surface area contributed by atoms with E-state index < -0.39 is 5.97 Å². The Bertz CT molecular complexity index is 542. The Morgan fingerprint density at radius 2 is 1.84 bits per heavy atom. The van der Waals surface area contributed by atoms with E-state index in [1.165, 1.54) is 18.5 Å². The predicted octanol–water partition coefficient (Wildman–Crippen LogP) is 2.24. The number of para-hydroxylation sites is 1. The molecule has 0 amide bonds. The van der Waals surface area contributed by atoms with Crippen LogP contribution in [0, 0.1) is 0 Å². The van der Waals surface area contributed by atoms with Gasteiger partial charge in [0.05, 0.1) is 6.20 Å². The molecule has 0 radical (unpaired) electrons. The van der Waals surface area contributed by atoms with Crippen LogP contribution in [0.2, 0.25) is 0 Å². The van der Waals surface area contributed by atoms with Crippen molar-refractivity contribution in [2.75, 3.05) is 13.2 Å².